The molecule has 0 aliphatic rings. The van der Waals surface area contributed by atoms with Crippen molar-refractivity contribution in [2.24, 2.45) is 4.30 Å². The number of halogens is 1. The van der Waals surface area contributed by atoms with Crippen LogP contribution in [0.5, 0.6) is 0 Å². The number of rotatable bonds is 16. The van der Waals surface area contributed by atoms with Crippen molar-refractivity contribution in [3.8, 4) is 44.8 Å². The topological polar surface area (TPSA) is 175 Å². The summed E-state index contributed by atoms with van der Waals surface area (Å²) in [6.45, 7) is 5.77. The van der Waals surface area contributed by atoms with Gasteiger partial charge < -0.3 is 19.3 Å². The first-order valence-corrected chi connectivity index (χ1v) is 25.3. The molecule has 0 bridgehead atoms. The Morgan fingerprint density at radius 3 is 1.48 bits per heavy atom. The summed E-state index contributed by atoms with van der Waals surface area (Å²) in [5, 5.41) is 8.91. The normalized spacial score (nSPS) is 11.3. The van der Waals surface area contributed by atoms with Gasteiger partial charge >= 0.3 is 36.7 Å². The summed E-state index contributed by atoms with van der Waals surface area (Å²) in [4.78, 5) is 28.9. The molecule has 0 amide bonds. The van der Waals surface area contributed by atoms with Crippen molar-refractivity contribution in [2.75, 3.05) is 67.0 Å². The van der Waals surface area contributed by atoms with Crippen molar-refractivity contribution in [2.45, 2.75) is 36.7 Å². The van der Waals surface area contributed by atoms with Crippen LogP contribution >= 0.6 is 28.7 Å². The van der Waals surface area contributed by atoms with E-state index in [4.69, 9.17) is 9.47 Å². The van der Waals surface area contributed by atoms with Gasteiger partial charge in [-0.2, -0.15) is 10.2 Å². The molecule has 6 aromatic rings. The van der Waals surface area contributed by atoms with Gasteiger partial charge in [0.05, 0.1) is 37.0 Å². The van der Waals surface area contributed by atoms with Gasteiger partial charge in [-0.15, -0.1) is 0 Å². The molecule has 4 aromatic carbocycles. The summed E-state index contributed by atoms with van der Waals surface area (Å²) in [6.07, 6.45) is 2.39. The molecule has 0 saturated carbocycles. The Bertz CT molecular complexity index is 2830. The molecular formula is C46H54BBrN7O8S3. The predicted octanol–water partition coefficient (Wildman–Crippen LogP) is 7.01. The number of hydrogen-bond acceptors (Lipinski definition) is 14. The summed E-state index contributed by atoms with van der Waals surface area (Å²) >= 11 is 6.78. The number of hydrogen-bond donors (Lipinski definition) is 1. The Balaban J connectivity index is 0.000000272. The fraction of sp³-hybridized carbons (Fsp3) is 0.304. The molecular weight excluding hydrogens is 965 g/mol. The Hall–Kier alpha value is -5.25. The number of sulfone groups is 2. The second kappa shape index (κ2) is 24.5. The second-order valence-corrected chi connectivity index (χ2v) is 20.7. The van der Waals surface area contributed by atoms with Gasteiger partial charge in [-0.25, -0.2) is 16.8 Å². The van der Waals surface area contributed by atoms with Crippen LogP contribution in [0.25, 0.3) is 44.8 Å². The molecule has 66 heavy (non-hydrogen) atoms. The Kier molecular flexibility index (Phi) is 19.8. The molecule has 0 fully saturated rings. The fourth-order valence-corrected chi connectivity index (χ4v) is 8.18. The Morgan fingerprint density at radius 2 is 1.06 bits per heavy atom. The van der Waals surface area contributed by atoms with E-state index in [1.54, 1.807) is 45.8 Å². The molecule has 349 valence electrons. The molecule has 0 unspecified atom stereocenters. The van der Waals surface area contributed by atoms with Crippen molar-refractivity contribution < 1.29 is 35.9 Å². The molecule has 0 atom stereocenters. The molecule has 1 radical (unpaired) electrons. The molecule has 6 rings (SSSR count). The van der Waals surface area contributed by atoms with Crippen LogP contribution in [0.2, 0.25) is 0 Å². The first-order chi connectivity index (χ1) is 31.1. The van der Waals surface area contributed by atoms with Crippen LogP contribution in [0, 0.1) is 13.8 Å². The van der Waals surface area contributed by atoms with E-state index in [9.17, 15) is 26.4 Å². The van der Waals surface area contributed by atoms with E-state index < -0.39 is 19.7 Å². The average molecular weight is 1020 g/mol. The molecule has 0 N–H and O–H groups in total. The van der Waals surface area contributed by atoms with E-state index in [-0.39, 0.29) is 34.8 Å². The summed E-state index contributed by atoms with van der Waals surface area (Å²) in [7, 11) is 5.46. The maximum atomic E-state index is 12.3. The third-order valence-electron chi connectivity index (χ3n) is 9.65. The zero-order valence-corrected chi connectivity index (χ0v) is 42.3. The zero-order chi connectivity index (χ0) is 48.8. The molecule has 15 nitrogen and oxygen atoms in total. The van der Waals surface area contributed by atoms with Gasteiger partial charge in [-0.3, -0.25) is 19.0 Å². The van der Waals surface area contributed by atoms with Gasteiger partial charge in [0, 0.05) is 31.2 Å². The van der Waals surface area contributed by atoms with Crippen molar-refractivity contribution in [1.29, 1.82) is 0 Å². The number of thiol groups is 1. The first-order valence-electron chi connectivity index (χ1n) is 20.4. The van der Waals surface area contributed by atoms with Crippen LogP contribution in [-0.4, -0.2) is 133 Å². The van der Waals surface area contributed by atoms with E-state index in [0.717, 1.165) is 60.6 Å². The third kappa shape index (κ3) is 16.0. The van der Waals surface area contributed by atoms with Gasteiger partial charge in [0.1, 0.15) is 26.3 Å². The molecule has 0 saturated heterocycles. The van der Waals surface area contributed by atoms with Crippen LogP contribution in [-0.2, 0) is 51.8 Å². The monoisotopic (exact) mass is 1020 g/mol. The van der Waals surface area contributed by atoms with Gasteiger partial charge in [0.25, 0.3) is 0 Å². The zero-order valence-electron chi connectivity index (χ0n) is 38.2. The van der Waals surface area contributed by atoms with Crippen LogP contribution in [0.3, 0.4) is 0 Å². The number of ether oxygens (including phenoxy) is 2. The number of carbonyl (C=O) groups excluding carboxylic acids is 2. The van der Waals surface area contributed by atoms with Crippen LogP contribution in [0.1, 0.15) is 11.4 Å². The third-order valence-corrected chi connectivity index (χ3v) is 12.8. The maximum absolute atomic E-state index is 12.3. The van der Waals surface area contributed by atoms with Gasteiger partial charge in [0.15, 0.2) is 19.7 Å². The Morgan fingerprint density at radius 1 is 0.652 bits per heavy atom. The summed E-state index contributed by atoms with van der Waals surface area (Å²) in [6, 6.07) is 31.1. The predicted molar refractivity (Wildman–Crippen MR) is 266 cm³/mol. The van der Waals surface area contributed by atoms with E-state index in [1.807, 2.05) is 119 Å². The minimum absolute atomic E-state index is 0.00730. The number of esters is 2. The number of likely N-dealkylation sites (N-methyl/N-ethyl adjacent to an activating group) is 2. The molecule has 20 heteroatoms. The molecule has 2 aromatic heterocycles. The van der Waals surface area contributed by atoms with Crippen molar-refractivity contribution in [3.63, 3.8) is 0 Å². The van der Waals surface area contributed by atoms with E-state index >= 15 is 0 Å². The van der Waals surface area contributed by atoms with E-state index in [1.165, 1.54) is 12.5 Å². The van der Waals surface area contributed by atoms with Gasteiger partial charge in [-0.05, 0) is 116 Å². The fourth-order valence-electron chi connectivity index (χ4n) is 6.33. The van der Waals surface area contributed by atoms with Crippen molar-refractivity contribution >= 4 is 68.0 Å². The summed E-state index contributed by atoms with van der Waals surface area (Å²) in [5.41, 5.74) is 8.39. The molecule has 0 spiro atoms. The number of carbonyl (C=O) groups is 2. The number of nitrogens with zero attached hydrogens (tertiary/aromatic N) is 7. The number of aromatic nitrogens is 4. The van der Waals surface area contributed by atoms with Crippen LogP contribution < -0.4 is 0 Å². The number of benzene rings is 4. The van der Waals surface area contributed by atoms with Gasteiger partial charge in [-0.1, -0.05) is 72.8 Å². The second-order valence-electron chi connectivity index (χ2n) is 15.7. The van der Waals surface area contributed by atoms with Crippen molar-refractivity contribution in [3.05, 3.63) is 119 Å². The SMILES string of the molecule is Cc1cc(-c2ccc(-c3cccc(S(C)(=O)=O)c3)cc2)n(CC(=O)OCCN(C)C)n1.Cc1nn(CC(=O)OCCN(C)C)c(-c2ccc(-c3cccc(S(C)(=O)=O)c3)cc2)c1Br.[B]=NS. The van der Waals surface area contributed by atoms with Crippen LogP contribution in [0.15, 0.2) is 122 Å². The molecule has 0 aliphatic carbocycles. The summed E-state index contributed by atoms with van der Waals surface area (Å²) in [5.74, 6) is -0.683. The quantitative estimate of drug-likeness (QED) is 0.0598. The Labute approximate surface area is 402 Å². The minimum atomic E-state index is -3.28. The average Bonchev–Trinajstić information content (AvgIpc) is 3.76. The molecule has 0 aliphatic heterocycles. The molecule has 2 heterocycles. The van der Waals surface area contributed by atoms with E-state index in [2.05, 4.69) is 50.9 Å². The van der Waals surface area contributed by atoms with Crippen molar-refractivity contribution in [1.82, 2.24) is 29.4 Å². The van der Waals surface area contributed by atoms with Gasteiger partial charge in [0.2, 0.25) is 0 Å². The summed E-state index contributed by atoms with van der Waals surface area (Å²) < 4.78 is 64.8. The first kappa shape index (κ1) is 53.4. The standard InChI is InChI=1S/C23H26BrN3O4S.C23H27N3O4S.BHNS/c1-16-22(24)23(27(25-16)15-21(28)31-13-12-26(2)3)18-10-8-17(9-11-18)19-6-5-7-20(14-19)32(4,29)30;1-17-14-22(26(24-17)16-23(27)30-13-12-25(2)3)19-10-8-18(9-11-19)20-6-5-7-21(15-20)31(4,28)29;1-2-3/h5-11,14H,12-13,15H2,1-4H3;5-11,14-15H,12-13,16H2,1-4H3;3H. The number of aryl methyl sites for hydroxylation is 2. The van der Waals surface area contributed by atoms with Crippen LogP contribution in [0.4, 0.5) is 0 Å². The van der Waals surface area contributed by atoms with E-state index in [0.29, 0.717) is 26.3 Å².